The number of hydrogen-bond donors (Lipinski definition) is 1. The first kappa shape index (κ1) is 20.8. The molecular weight excluding hydrogens is 316 g/mol. The standard InChI is InChI=1S/C20H32O3Si/c1-15(13-14-23-24(6,7)20(3,4)5)18(21)16(2)19(22)17-11-9-8-10-12-17/h8-12,16,18,21H,1,13-14H2,2-7H3/t16-,18+/m0/s1. The maximum atomic E-state index is 12.4. The van der Waals surface area contributed by atoms with Crippen LogP contribution in [0.5, 0.6) is 0 Å². The lowest BCUT2D eigenvalue weighted by Crippen LogP contribution is -2.41. The van der Waals surface area contributed by atoms with Crippen molar-refractivity contribution in [3.05, 3.63) is 48.0 Å². The molecule has 0 spiro atoms. The van der Waals surface area contributed by atoms with Crippen molar-refractivity contribution in [3.8, 4) is 0 Å². The van der Waals surface area contributed by atoms with Crippen LogP contribution < -0.4 is 0 Å². The van der Waals surface area contributed by atoms with Crippen molar-refractivity contribution in [2.75, 3.05) is 6.61 Å². The molecule has 0 bridgehead atoms. The van der Waals surface area contributed by atoms with Gasteiger partial charge in [-0.15, -0.1) is 0 Å². The highest BCUT2D eigenvalue weighted by Gasteiger charge is 2.37. The minimum absolute atomic E-state index is 0.0606. The summed E-state index contributed by atoms with van der Waals surface area (Å²) in [4.78, 5) is 12.4. The number of aliphatic hydroxyl groups is 1. The average molecular weight is 349 g/mol. The van der Waals surface area contributed by atoms with E-state index in [9.17, 15) is 9.90 Å². The minimum Gasteiger partial charge on any atom is -0.417 e. The highest BCUT2D eigenvalue weighted by Crippen LogP contribution is 2.36. The van der Waals surface area contributed by atoms with Crippen molar-refractivity contribution < 1.29 is 14.3 Å². The lowest BCUT2D eigenvalue weighted by atomic mass is 9.89. The number of carbonyl (C=O) groups excluding carboxylic acids is 1. The maximum Gasteiger partial charge on any atom is 0.191 e. The molecule has 0 saturated carbocycles. The van der Waals surface area contributed by atoms with E-state index in [1.165, 1.54) is 0 Å². The molecule has 3 nitrogen and oxygen atoms in total. The molecule has 0 aliphatic carbocycles. The zero-order valence-corrected chi connectivity index (χ0v) is 16.9. The first-order valence-electron chi connectivity index (χ1n) is 8.56. The van der Waals surface area contributed by atoms with Gasteiger partial charge in [-0.05, 0) is 30.1 Å². The first-order valence-corrected chi connectivity index (χ1v) is 11.5. The Morgan fingerprint density at radius 2 is 1.79 bits per heavy atom. The Hall–Kier alpha value is -1.23. The van der Waals surface area contributed by atoms with Crippen molar-refractivity contribution in [2.45, 2.75) is 58.4 Å². The summed E-state index contributed by atoms with van der Waals surface area (Å²) < 4.78 is 6.12. The van der Waals surface area contributed by atoms with E-state index in [0.717, 1.165) is 0 Å². The number of ketones is 1. The van der Waals surface area contributed by atoms with E-state index in [1.807, 2.05) is 18.2 Å². The zero-order chi connectivity index (χ0) is 18.5. The topological polar surface area (TPSA) is 46.5 Å². The Balaban J connectivity index is 2.57. The van der Waals surface area contributed by atoms with E-state index in [-0.39, 0.29) is 10.8 Å². The first-order chi connectivity index (χ1) is 11.0. The summed E-state index contributed by atoms with van der Waals surface area (Å²) in [6, 6.07) is 9.07. The van der Waals surface area contributed by atoms with Gasteiger partial charge in [-0.25, -0.2) is 0 Å². The van der Waals surface area contributed by atoms with Gasteiger partial charge in [0.1, 0.15) is 0 Å². The van der Waals surface area contributed by atoms with E-state index in [1.54, 1.807) is 19.1 Å². The summed E-state index contributed by atoms with van der Waals surface area (Å²) in [5.74, 6) is -0.567. The molecule has 0 fully saturated rings. The zero-order valence-electron chi connectivity index (χ0n) is 15.9. The van der Waals surface area contributed by atoms with Crippen molar-refractivity contribution >= 4 is 14.1 Å². The van der Waals surface area contributed by atoms with Gasteiger partial charge in [-0.3, -0.25) is 4.79 Å². The summed E-state index contributed by atoms with van der Waals surface area (Å²) in [6.07, 6.45) is -0.277. The molecule has 1 aromatic carbocycles. The van der Waals surface area contributed by atoms with E-state index in [4.69, 9.17) is 4.43 Å². The van der Waals surface area contributed by atoms with Crippen LogP contribution in [-0.4, -0.2) is 31.9 Å². The Kier molecular flexibility index (Phi) is 7.14. The van der Waals surface area contributed by atoms with E-state index < -0.39 is 20.3 Å². The second kappa shape index (κ2) is 8.23. The second-order valence-corrected chi connectivity index (χ2v) is 12.8. The van der Waals surface area contributed by atoms with Crippen LogP contribution in [0.15, 0.2) is 42.5 Å². The van der Waals surface area contributed by atoms with Gasteiger partial charge in [0.2, 0.25) is 0 Å². The van der Waals surface area contributed by atoms with Crippen LogP contribution in [0.1, 0.15) is 44.5 Å². The van der Waals surface area contributed by atoms with Gasteiger partial charge < -0.3 is 9.53 Å². The molecule has 0 heterocycles. The normalized spacial score (nSPS) is 15.0. The number of benzene rings is 1. The SMILES string of the molecule is C=C(CCO[Si](C)(C)C(C)(C)C)[C@@H](O)[C@H](C)C(=O)c1ccccc1. The van der Waals surface area contributed by atoms with Gasteiger partial charge in [0, 0.05) is 18.1 Å². The second-order valence-electron chi connectivity index (χ2n) is 7.98. The van der Waals surface area contributed by atoms with Crippen molar-refractivity contribution in [2.24, 2.45) is 5.92 Å². The molecule has 24 heavy (non-hydrogen) atoms. The third kappa shape index (κ3) is 5.40. The van der Waals surface area contributed by atoms with Crippen molar-refractivity contribution in [1.82, 2.24) is 0 Å². The highest BCUT2D eigenvalue weighted by atomic mass is 28.4. The third-order valence-corrected chi connectivity index (χ3v) is 9.59. The van der Waals surface area contributed by atoms with E-state index >= 15 is 0 Å². The molecule has 134 valence electrons. The Labute approximate surface area is 147 Å². The number of hydrogen-bond acceptors (Lipinski definition) is 3. The van der Waals surface area contributed by atoms with Crippen molar-refractivity contribution in [1.29, 1.82) is 0 Å². The minimum atomic E-state index is -1.80. The molecule has 1 aromatic rings. The Morgan fingerprint density at radius 3 is 2.29 bits per heavy atom. The summed E-state index contributed by atoms with van der Waals surface area (Å²) in [6.45, 7) is 17.3. The largest absolute Gasteiger partial charge is 0.417 e. The summed E-state index contributed by atoms with van der Waals surface area (Å²) in [5.41, 5.74) is 1.28. The van der Waals surface area contributed by atoms with Gasteiger partial charge in [0.15, 0.2) is 14.1 Å². The van der Waals surface area contributed by atoms with E-state index in [2.05, 4.69) is 40.4 Å². The number of Topliss-reactive ketones (excluding diaryl/α,β-unsaturated/α-hetero) is 1. The quantitative estimate of drug-likeness (QED) is 0.415. The number of carbonyl (C=O) groups is 1. The molecule has 0 aliphatic rings. The molecule has 0 saturated heterocycles. The van der Waals surface area contributed by atoms with Crippen molar-refractivity contribution in [3.63, 3.8) is 0 Å². The van der Waals surface area contributed by atoms with Crippen LogP contribution in [0.4, 0.5) is 0 Å². The predicted octanol–water partition coefficient (Wildman–Crippen LogP) is 4.83. The van der Waals surface area contributed by atoms with Gasteiger partial charge >= 0.3 is 0 Å². The molecule has 4 heteroatoms. The monoisotopic (exact) mass is 348 g/mol. The average Bonchev–Trinajstić information content (AvgIpc) is 2.52. The number of aliphatic hydroxyl groups excluding tert-OH is 1. The molecule has 2 atom stereocenters. The van der Waals surface area contributed by atoms with Crippen LogP contribution in [0, 0.1) is 5.92 Å². The van der Waals surface area contributed by atoms with Crippen LogP contribution in [0.2, 0.25) is 18.1 Å². The van der Waals surface area contributed by atoms with Crippen LogP contribution in [-0.2, 0) is 4.43 Å². The number of rotatable bonds is 8. The molecule has 0 unspecified atom stereocenters. The van der Waals surface area contributed by atoms with Gasteiger partial charge in [-0.1, -0.05) is 64.6 Å². The predicted molar refractivity (Wildman–Crippen MR) is 103 cm³/mol. The fourth-order valence-corrected chi connectivity index (χ4v) is 3.21. The maximum absolute atomic E-state index is 12.4. The summed E-state index contributed by atoms with van der Waals surface area (Å²) in [7, 11) is -1.80. The fraction of sp³-hybridized carbons (Fsp3) is 0.550. The van der Waals surface area contributed by atoms with E-state index in [0.29, 0.717) is 24.2 Å². The van der Waals surface area contributed by atoms with Crippen LogP contribution in [0.25, 0.3) is 0 Å². The molecule has 1 rings (SSSR count). The molecule has 1 N–H and O–H groups in total. The molecular formula is C20H32O3Si. The molecule has 0 radical (unpaired) electrons. The molecule has 0 amide bonds. The third-order valence-electron chi connectivity index (χ3n) is 5.06. The smallest absolute Gasteiger partial charge is 0.191 e. The molecule has 0 aliphatic heterocycles. The fourth-order valence-electron chi connectivity index (χ4n) is 2.16. The highest BCUT2D eigenvalue weighted by molar-refractivity contribution is 6.74. The summed E-state index contributed by atoms with van der Waals surface area (Å²) >= 11 is 0. The van der Waals surface area contributed by atoms with Crippen LogP contribution >= 0.6 is 0 Å². The lowest BCUT2D eigenvalue weighted by Gasteiger charge is -2.36. The van der Waals surface area contributed by atoms with Gasteiger partial charge in [-0.2, -0.15) is 0 Å². The summed E-state index contributed by atoms with van der Waals surface area (Å²) in [5, 5.41) is 10.6. The van der Waals surface area contributed by atoms with Gasteiger partial charge in [0.25, 0.3) is 0 Å². The molecule has 0 aromatic heterocycles. The lowest BCUT2D eigenvalue weighted by molar-refractivity contribution is 0.0778. The van der Waals surface area contributed by atoms with Crippen LogP contribution in [0.3, 0.4) is 0 Å². The van der Waals surface area contributed by atoms with Gasteiger partial charge in [0.05, 0.1) is 6.10 Å². The Bertz CT molecular complexity index is 558. The Morgan fingerprint density at radius 1 is 1.25 bits per heavy atom.